The fraction of sp³-hybridized carbons (Fsp3) is 0.333. The second-order valence-electron chi connectivity index (χ2n) is 6.15. The number of anilines is 1. The zero-order valence-electron chi connectivity index (χ0n) is 14.1. The van der Waals surface area contributed by atoms with Gasteiger partial charge in [0.1, 0.15) is 18.1 Å². The topological polar surface area (TPSA) is 59.1 Å². The summed E-state index contributed by atoms with van der Waals surface area (Å²) in [6.07, 6.45) is 0. The lowest BCUT2D eigenvalue weighted by atomic mass is 10.2. The maximum absolute atomic E-state index is 12.8. The van der Waals surface area contributed by atoms with Crippen LogP contribution in [0.5, 0.6) is 11.5 Å². The lowest BCUT2D eigenvalue weighted by Crippen LogP contribution is -2.48. The highest BCUT2D eigenvalue weighted by molar-refractivity contribution is 7.89. The molecule has 0 radical (unpaired) electrons. The van der Waals surface area contributed by atoms with Gasteiger partial charge in [-0.15, -0.1) is 0 Å². The van der Waals surface area contributed by atoms with E-state index in [1.54, 1.807) is 24.3 Å². The standard InChI is InChI=1S/C18H19ClN2O4S/c19-15-3-1-2-4-18(15)26(22,23)21-9-7-20(8-10-21)14-5-6-16-17(13-14)25-12-11-24-16/h1-6,13H,7-12H2. The average Bonchev–Trinajstić information content (AvgIpc) is 2.68. The molecule has 0 N–H and O–H groups in total. The predicted molar refractivity (Wildman–Crippen MR) is 99.9 cm³/mol. The van der Waals surface area contributed by atoms with Crippen molar-refractivity contribution in [3.8, 4) is 11.5 Å². The van der Waals surface area contributed by atoms with Gasteiger partial charge in [0.05, 0.1) is 5.02 Å². The van der Waals surface area contributed by atoms with Crippen LogP contribution in [0.4, 0.5) is 5.69 Å². The maximum Gasteiger partial charge on any atom is 0.244 e. The Morgan fingerprint density at radius 1 is 0.885 bits per heavy atom. The molecule has 0 unspecified atom stereocenters. The first kappa shape index (κ1) is 17.5. The van der Waals surface area contributed by atoms with E-state index in [1.165, 1.54) is 4.31 Å². The number of hydrogen-bond donors (Lipinski definition) is 0. The van der Waals surface area contributed by atoms with Crippen LogP contribution in [0.3, 0.4) is 0 Å². The van der Waals surface area contributed by atoms with Crippen LogP contribution < -0.4 is 14.4 Å². The van der Waals surface area contributed by atoms with E-state index in [4.69, 9.17) is 21.1 Å². The van der Waals surface area contributed by atoms with E-state index in [9.17, 15) is 8.42 Å². The highest BCUT2D eigenvalue weighted by atomic mass is 35.5. The molecule has 138 valence electrons. The summed E-state index contributed by atoms with van der Waals surface area (Å²) >= 11 is 6.08. The molecule has 4 rings (SSSR count). The molecular formula is C18H19ClN2O4S. The van der Waals surface area contributed by atoms with Gasteiger partial charge in [-0.1, -0.05) is 23.7 Å². The molecule has 1 fully saturated rings. The Balaban J connectivity index is 1.48. The third-order valence-electron chi connectivity index (χ3n) is 4.58. The fourth-order valence-corrected chi connectivity index (χ4v) is 5.12. The van der Waals surface area contributed by atoms with Crippen LogP contribution in [0.15, 0.2) is 47.4 Å². The Kier molecular flexibility index (Phi) is 4.69. The second-order valence-corrected chi connectivity index (χ2v) is 8.46. The molecule has 0 atom stereocenters. The molecule has 6 nitrogen and oxygen atoms in total. The first-order valence-corrected chi connectivity index (χ1v) is 10.3. The van der Waals surface area contributed by atoms with Gasteiger partial charge in [0.25, 0.3) is 0 Å². The average molecular weight is 395 g/mol. The van der Waals surface area contributed by atoms with E-state index in [-0.39, 0.29) is 9.92 Å². The van der Waals surface area contributed by atoms with Crippen LogP contribution >= 0.6 is 11.6 Å². The lowest BCUT2D eigenvalue weighted by Gasteiger charge is -2.35. The van der Waals surface area contributed by atoms with E-state index in [2.05, 4.69) is 4.90 Å². The van der Waals surface area contributed by atoms with Crippen molar-refractivity contribution >= 4 is 27.3 Å². The number of piperazine rings is 1. The number of benzene rings is 2. The number of rotatable bonds is 3. The number of sulfonamides is 1. The smallest absolute Gasteiger partial charge is 0.244 e. The molecule has 2 aliphatic heterocycles. The highest BCUT2D eigenvalue weighted by Gasteiger charge is 2.30. The zero-order chi connectivity index (χ0) is 18.1. The van der Waals surface area contributed by atoms with Crippen LogP contribution in [-0.2, 0) is 10.0 Å². The Labute approximate surface area is 157 Å². The van der Waals surface area contributed by atoms with E-state index >= 15 is 0 Å². The van der Waals surface area contributed by atoms with Crippen molar-refractivity contribution in [3.63, 3.8) is 0 Å². The lowest BCUT2D eigenvalue weighted by molar-refractivity contribution is 0.171. The van der Waals surface area contributed by atoms with Crippen LogP contribution in [-0.4, -0.2) is 52.1 Å². The first-order chi connectivity index (χ1) is 12.6. The molecule has 1 saturated heterocycles. The molecule has 2 aromatic carbocycles. The van der Waals surface area contributed by atoms with Gasteiger partial charge in [0.2, 0.25) is 10.0 Å². The molecule has 8 heteroatoms. The van der Waals surface area contributed by atoms with Crippen molar-refractivity contribution in [2.75, 3.05) is 44.3 Å². The molecule has 2 aliphatic rings. The molecule has 0 amide bonds. The third-order valence-corrected chi connectivity index (χ3v) is 6.98. The van der Waals surface area contributed by atoms with E-state index < -0.39 is 10.0 Å². The monoisotopic (exact) mass is 394 g/mol. The van der Waals surface area contributed by atoms with Gasteiger partial charge in [0, 0.05) is 37.9 Å². The van der Waals surface area contributed by atoms with Crippen molar-refractivity contribution in [2.24, 2.45) is 0 Å². The second kappa shape index (κ2) is 6.98. The Morgan fingerprint density at radius 3 is 2.31 bits per heavy atom. The van der Waals surface area contributed by atoms with Gasteiger partial charge in [-0.3, -0.25) is 0 Å². The molecule has 2 aromatic rings. The minimum absolute atomic E-state index is 0.162. The minimum Gasteiger partial charge on any atom is -0.486 e. The third kappa shape index (κ3) is 3.22. The van der Waals surface area contributed by atoms with E-state index in [0.29, 0.717) is 39.4 Å². The van der Waals surface area contributed by atoms with Crippen molar-refractivity contribution in [1.29, 1.82) is 0 Å². The number of fused-ring (bicyclic) bond motifs is 1. The SMILES string of the molecule is O=S(=O)(c1ccccc1Cl)N1CCN(c2ccc3c(c2)OCCO3)CC1. The van der Waals surface area contributed by atoms with Crippen molar-refractivity contribution in [3.05, 3.63) is 47.5 Å². The van der Waals surface area contributed by atoms with Gasteiger partial charge >= 0.3 is 0 Å². The number of halogens is 1. The van der Waals surface area contributed by atoms with Gasteiger partial charge in [-0.05, 0) is 24.3 Å². The molecule has 0 spiro atoms. The summed E-state index contributed by atoms with van der Waals surface area (Å²) in [6.45, 7) is 3.11. The van der Waals surface area contributed by atoms with E-state index in [0.717, 1.165) is 17.2 Å². The number of ether oxygens (including phenoxy) is 2. The summed E-state index contributed by atoms with van der Waals surface area (Å²) < 4.78 is 38.3. The van der Waals surface area contributed by atoms with Crippen molar-refractivity contribution < 1.29 is 17.9 Å². The number of hydrogen-bond acceptors (Lipinski definition) is 5. The summed E-state index contributed by atoms with van der Waals surface area (Å²) in [5, 5.41) is 0.252. The molecule has 0 bridgehead atoms. The molecule has 0 saturated carbocycles. The Bertz CT molecular complexity index is 911. The quantitative estimate of drug-likeness (QED) is 0.801. The predicted octanol–water partition coefficient (Wildman–Crippen LogP) is 2.62. The summed E-state index contributed by atoms with van der Waals surface area (Å²) in [5.74, 6) is 1.49. The molecule has 0 aliphatic carbocycles. The summed E-state index contributed by atoms with van der Waals surface area (Å²) in [7, 11) is -3.58. The largest absolute Gasteiger partial charge is 0.486 e. The van der Waals surface area contributed by atoms with Crippen LogP contribution in [0.1, 0.15) is 0 Å². The van der Waals surface area contributed by atoms with Crippen molar-refractivity contribution in [1.82, 2.24) is 4.31 Å². The van der Waals surface area contributed by atoms with Gasteiger partial charge < -0.3 is 14.4 Å². The zero-order valence-corrected chi connectivity index (χ0v) is 15.7. The fourth-order valence-electron chi connectivity index (χ4n) is 3.21. The molecule has 26 heavy (non-hydrogen) atoms. The minimum atomic E-state index is -3.58. The van der Waals surface area contributed by atoms with Gasteiger partial charge in [-0.25, -0.2) is 8.42 Å². The molecule has 2 heterocycles. The normalized spacial score (nSPS) is 18.0. The summed E-state index contributed by atoms with van der Waals surface area (Å²) in [5.41, 5.74) is 1.00. The summed E-state index contributed by atoms with van der Waals surface area (Å²) in [6, 6.07) is 12.4. The van der Waals surface area contributed by atoms with Crippen molar-refractivity contribution in [2.45, 2.75) is 4.90 Å². The first-order valence-electron chi connectivity index (χ1n) is 8.45. The maximum atomic E-state index is 12.8. The van der Waals surface area contributed by atoms with Crippen LogP contribution in [0.2, 0.25) is 5.02 Å². The van der Waals surface area contributed by atoms with Crippen LogP contribution in [0, 0.1) is 0 Å². The van der Waals surface area contributed by atoms with Gasteiger partial charge in [0.15, 0.2) is 11.5 Å². The van der Waals surface area contributed by atoms with Gasteiger partial charge in [-0.2, -0.15) is 4.31 Å². The number of nitrogens with zero attached hydrogens (tertiary/aromatic N) is 2. The van der Waals surface area contributed by atoms with Crippen LogP contribution in [0.25, 0.3) is 0 Å². The Morgan fingerprint density at radius 2 is 1.58 bits per heavy atom. The highest BCUT2D eigenvalue weighted by Crippen LogP contribution is 2.34. The summed E-state index contributed by atoms with van der Waals surface area (Å²) in [4.78, 5) is 2.31. The molecule has 0 aromatic heterocycles. The molecular weight excluding hydrogens is 376 g/mol. The van der Waals surface area contributed by atoms with E-state index in [1.807, 2.05) is 18.2 Å². The Hall–Kier alpha value is -1.96.